The highest BCUT2D eigenvalue weighted by Gasteiger charge is 2.15. The van der Waals surface area contributed by atoms with E-state index in [1.54, 1.807) is 11.8 Å². The average molecular weight is 520 g/mol. The van der Waals surface area contributed by atoms with Crippen molar-refractivity contribution in [2.24, 2.45) is 0 Å². The number of imidazole rings is 1. The summed E-state index contributed by atoms with van der Waals surface area (Å²) in [5.41, 5.74) is 4.37. The molecule has 37 heavy (non-hydrogen) atoms. The lowest BCUT2D eigenvalue weighted by Crippen LogP contribution is -2.32. The van der Waals surface area contributed by atoms with Gasteiger partial charge in [0.15, 0.2) is 5.16 Å². The van der Waals surface area contributed by atoms with E-state index in [-0.39, 0.29) is 0 Å². The van der Waals surface area contributed by atoms with Crippen LogP contribution in [0.15, 0.2) is 65.8 Å². The van der Waals surface area contributed by atoms with Gasteiger partial charge in [0.2, 0.25) is 5.91 Å². The number of unbranched alkanes of at least 4 members (excludes halogenated alkanes) is 7. The van der Waals surface area contributed by atoms with Crippen molar-refractivity contribution in [1.82, 2.24) is 14.9 Å². The van der Waals surface area contributed by atoms with E-state index in [4.69, 9.17) is 4.98 Å². The molecule has 0 unspecified atom stereocenters. The highest BCUT2D eigenvalue weighted by atomic mass is 32.2. The van der Waals surface area contributed by atoms with Gasteiger partial charge < -0.3 is 9.88 Å². The Bertz CT molecular complexity index is 962. The number of H-pyrrole nitrogens is 1. The highest BCUT2D eigenvalue weighted by molar-refractivity contribution is 7.99. The first kappa shape index (κ1) is 29.0. The third kappa shape index (κ3) is 10.0. The lowest BCUT2D eigenvalue weighted by Gasteiger charge is -2.23. The van der Waals surface area contributed by atoms with Gasteiger partial charge in [-0.05, 0) is 25.7 Å². The molecule has 0 aliphatic heterocycles. The molecule has 1 aromatic heterocycles. The van der Waals surface area contributed by atoms with Gasteiger partial charge in [0.1, 0.15) is 0 Å². The molecule has 2 aromatic carbocycles. The number of aromatic nitrogens is 2. The van der Waals surface area contributed by atoms with E-state index < -0.39 is 0 Å². The van der Waals surface area contributed by atoms with E-state index in [9.17, 15) is 4.79 Å². The molecule has 1 N–H and O–H groups in total. The van der Waals surface area contributed by atoms with Gasteiger partial charge in [-0.25, -0.2) is 4.98 Å². The SMILES string of the molecule is CCCCCCCN(CCCCCSc1nc(-c2ccccc2)c(-c2ccccc2)[nH]1)C(=O)CCCC. The van der Waals surface area contributed by atoms with Crippen molar-refractivity contribution in [2.45, 2.75) is 89.6 Å². The number of rotatable bonds is 18. The predicted molar refractivity (Wildman–Crippen MR) is 159 cm³/mol. The van der Waals surface area contributed by atoms with Crippen LogP contribution >= 0.6 is 11.8 Å². The van der Waals surface area contributed by atoms with E-state index in [0.29, 0.717) is 12.3 Å². The molecule has 0 saturated heterocycles. The first-order valence-electron chi connectivity index (χ1n) is 14.3. The number of benzene rings is 2. The summed E-state index contributed by atoms with van der Waals surface area (Å²) in [6, 6.07) is 20.8. The Morgan fingerprint density at radius 3 is 2.00 bits per heavy atom. The van der Waals surface area contributed by atoms with Gasteiger partial charge in [-0.3, -0.25) is 4.79 Å². The quantitative estimate of drug-likeness (QED) is 0.135. The number of amides is 1. The number of thioether (sulfide) groups is 1. The second kappa shape index (κ2) is 17.1. The molecule has 0 radical (unpaired) electrons. The van der Waals surface area contributed by atoms with Gasteiger partial charge in [0, 0.05) is 36.4 Å². The molecule has 0 fully saturated rings. The van der Waals surface area contributed by atoms with Crippen LogP contribution < -0.4 is 0 Å². The maximum Gasteiger partial charge on any atom is 0.222 e. The van der Waals surface area contributed by atoms with Crippen molar-refractivity contribution in [3.05, 3.63) is 60.7 Å². The number of hydrogen-bond donors (Lipinski definition) is 1. The Morgan fingerprint density at radius 2 is 1.35 bits per heavy atom. The fraction of sp³-hybridized carbons (Fsp3) is 0.500. The minimum atomic E-state index is 0.351. The smallest absolute Gasteiger partial charge is 0.222 e. The fourth-order valence-corrected chi connectivity index (χ4v) is 5.41. The Hall–Kier alpha value is -2.53. The van der Waals surface area contributed by atoms with Gasteiger partial charge in [0.25, 0.3) is 0 Å². The normalized spacial score (nSPS) is 11.1. The van der Waals surface area contributed by atoms with E-state index in [0.717, 1.165) is 85.0 Å². The molecular formula is C32H45N3OS. The number of carbonyl (C=O) groups is 1. The van der Waals surface area contributed by atoms with E-state index in [1.807, 2.05) is 12.1 Å². The Kier molecular flexibility index (Phi) is 13.4. The monoisotopic (exact) mass is 519 g/mol. The predicted octanol–water partition coefficient (Wildman–Crippen LogP) is 9.00. The molecule has 5 heteroatoms. The van der Waals surface area contributed by atoms with Crippen LogP contribution in [0.4, 0.5) is 0 Å². The largest absolute Gasteiger partial charge is 0.343 e. The number of nitrogens with zero attached hydrogens (tertiary/aromatic N) is 2. The molecule has 0 spiro atoms. The standard InChI is InChI=1S/C32H45N3OS/c1-3-5-7-8-16-24-35(29(36)23-6-4-2)25-17-11-18-26-37-32-33-30(27-19-12-9-13-20-27)31(34-32)28-21-14-10-15-22-28/h9-10,12-15,19-22H,3-8,11,16-18,23-26H2,1-2H3,(H,33,34). The summed E-state index contributed by atoms with van der Waals surface area (Å²) >= 11 is 1.80. The van der Waals surface area contributed by atoms with Crippen LogP contribution in [0.25, 0.3) is 22.5 Å². The van der Waals surface area contributed by atoms with Crippen molar-refractivity contribution in [2.75, 3.05) is 18.8 Å². The van der Waals surface area contributed by atoms with E-state index in [2.05, 4.69) is 72.3 Å². The Balaban J connectivity index is 1.48. The van der Waals surface area contributed by atoms with Crippen LogP contribution in [-0.4, -0.2) is 39.6 Å². The van der Waals surface area contributed by atoms with Crippen LogP contribution in [-0.2, 0) is 4.79 Å². The van der Waals surface area contributed by atoms with Crippen LogP contribution in [0.3, 0.4) is 0 Å². The third-order valence-electron chi connectivity index (χ3n) is 6.73. The van der Waals surface area contributed by atoms with E-state index >= 15 is 0 Å². The molecule has 0 aliphatic carbocycles. The topological polar surface area (TPSA) is 49.0 Å². The number of aromatic amines is 1. The minimum Gasteiger partial charge on any atom is -0.343 e. The van der Waals surface area contributed by atoms with Crippen LogP contribution in [0, 0.1) is 0 Å². The summed E-state index contributed by atoms with van der Waals surface area (Å²) in [6.45, 7) is 6.23. The van der Waals surface area contributed by atoms with Crippen molar-refractivity contribution in [3.8, 4) is 22.5 Å². The molecule has 3 aromatic rings. The van der Waals surface area contributed by atoms with Gasteiger partial charge in [-0.1, -0.05) is 125 Å². The van der Waals surface area contributed by atoms with Crippen molar-refractivity contribution in [1.29, 1.82) is 0 Å². The highest BCUT2D eigenvalue weighted by Crippen LogP contribution is 2.32. The zero-order valence-corrected chi connectivity index (χ0v) is 23.7. The number of nitrogens with one attached hydrogen (secondary N) is 1. The average Bonchev–Trinajstić information content (AvgIpc) is 3.37. The van der Waals surface area contributed by atoms with Crippen LogP contribution in [0.2, 0.25) is 0 Å². The molecule has 0 aliphatic rings. The molecule has 200 valence electrons. The van der Waals surface area contributed by atoms with Crippen molar-refractivity contribution < 1.29 is 4.79 Å². The van der Waals surface area contributed by atoms with E-state index in [1.165, 1.54) is 25.7 Å². The Morgan fingerprint density at radius 1 is 0.757 bits per heavy atom. The first-order chi connectivity index (χ1) is 18.2. The first-order valence-corrected chi connectivity index (χ1v) is 15.3. The Labute approximate surface area is 228 Å². The lowest BCUT2D eigenvalue weighted by atomic mass is 10.1. The summed E-state index contributed by atoms with van der Waals surface area (Å²) in [7, 11) is 0. The summed E-state index contributed by atoms with van der Waals surface area (Å²) < 4.78 is 0. The summed E-state index contributed by atoms with van der Waals surface area (Å²) in [6.07, 6.45) is 12.4. The molecule has 0 bridgehead atoms. The maximum atomic E-state index is 12.7. The van der Waals surface area contributed by atoms with Crippen molar-refractivity contribution >= 4 is 17.7 Å². The molecule has 1 heterocycles. The summed E-state index contributed by atoms with van der Waals surface area (Å²) in [5, 5.41) is 0.973. The zero-order valence-electron chi connectivity index (χ0n) is 22.9. The molecule has 0 atom stereocenters. The van der Waals surface area contributed by atoms with Gasteiger partial charge in [-0.15, -0.1) is 0 Å². The summed E-state index contributed by atoms with van der Waals surface area (Å²) in [4.78, 5) is 23.4. The van der Waals surface area contributed by atoms with Gasteiger partial charge in [0.05, 0.1) is 11.4 Å². The number of hydrogen-bond acceptors (Lipinski definition) is 3. The second-order valence-corrected chi connectivity index (χ2v) is 10.9. The van der Waals surface area contributed by atoms with Gasteiger partial charge >= 0.3 is 0 Å². The molecular weight excluding hydrogens is 474 g/mol. The van der Waals surface area contributed by atoms with Crippen LogP contribution in [0.1, 0.15) is 84.5 Å². The fourth-order valence-electron chi connectivity index (χ4n) is 4.54. The van der Waals surface area contributed by atoms with Gasteiger partial charge in [-0.2, -0.15) is 0 Å². The lowest BCUT2D eigenvalue weighted by molar-refractivity contribution is -0.131. The molecule has 1 amide bonds. The zero-order chi connectivity index (χ0) is 26.1. The second-order valence-electron chi connectivity index (χ2n) is 9.81. The number of carbonyl (C=O) groups excluding carboxylic acids is 1. The molecule has 4 nitrogen and oxygen atoms in total. The minimum absolute atomic E-state index is 0.351. The van der Waals surface area contributed by atoms with Crippen LogP contribution in [0.5, 0.6) is 0 Å². The summed E-state index contributed by atoms with van der Waals surface area (Å²) in [5.74, 6) is 1.38. The van der Waals surface area contributed by atoms with Crippen molar-refractivity contribution in [3.63, 3.8) is 0 Å². The molecule has 3 rings (SSSR count). The molecule has 0 saturated carbocycles. The maximum absolute atomic E-state index is 12.7. The third-order valence-corrected chi connectivity index (χ3v) is 7.69.